The van der Waals surface area contributed by atoms with Crippen LogP contribution in [0.5, 0.6) is 0 Å². The van der Waals surface area contributed by atoms with Crippen molar-refractivity contribution in [1.82, 2.24) is 0 Å². The summed E-state index contributed by atoms with van der Waals surface area (Å²) in [6, 6.07) is 6.66. The van der Waals surface area contributed by atoms with E-state index in [0.29, 0.717) is 23.1 Å². The van der Waals surface area contributed by atoms with Gasteiger partial charge < -0.3 is 10.2 Å². The number of halogens is 3. The van der Waals surface area contributed by atoms with Gasteiger partial charge in [-0.1, -0.05) is 11.6 Å². The fraction of sp³-hybridized carbons (Fsp3) is 0.263. The number of nitrogens with zero attached hydrogens (tertiary/aromatic N) is 1. The molecule has 1 N–H and O–H groups in total. The zero-order chi connectivity index (χ0) is 21.3. The lowest BCUT2D eigenvalue weighted by molar-refractivity contribution is -0.117. The molecular weight excluding hydrogens is 487 g/mol. The van der Waals surface area contributed by atoms with Crippen LogP contribution in [0.1, 0.15) is 18.9 Å². The molecule has 0 saturated heterocycles. The maximum absolute atomic E-state index is 13.1. The molecule has 1 aliphatic heterocycles. The average Bonchev–Trinajstić information content (AvgIpc) is 3.04. The Hall–Kier alpha value is -1.97. The van der Waals surface area contributed by atoms with E-state index in [4.69, 9.17) is 11.6 Å². The molecule has 10 heteroatoms. The molecular formula is C19H17BrClFN2O4S. The van der Waals surface area contributed by atoms with Gasteiger partial charge in [0.05, 0.1) is 21.4 Å². The number of rotatable bonds is 5. The summed E-state index contributed by atoms with van der Waals surface area (Å²) in [6.07, 6.45) is 0.338. The molecule has 0 bridgehead atoms. The zero-order valence-corrected chi connectivity index (χ0v) is 18.5. The van der Waals surface area contributed by atoms with Gasteiger partial charge >= 0.3 is 0 Å². The van der Waals surface area contributed by atoms with Crippen LogP contribution in [0.4, 0.5) is 15.8 Å². The molecule has 0 saturated carbocycles. The average molecular weight is 504 g/mol. The highest BCUT2D eigenvalue weighted by molar-refractivity contribution is 9.10. The second kappa shape index (κ2) is 8.41. The summed E-state index contributed by atoms with van der Waals surface area (Å²) in [6.45, 7) is 1.93. The highest BCUT2D eigenvalue weighted by Gasteiger charge is 2.27. The summed E-state index contributed by atoms with van der Waals surface area (Å²) in [5.74, 6) is -1.71. The molecule has 1 aliphatic rings. The van der Waals surface area contributed by atoms with Gasteiger partial charge in [0.1, 0.15) is 5.82 Å². The summed E-state index contributed by atoms with van der Waals surface area (Å²) >= 11 is 9.15. The lowest BCUT2D eigenvalue weighted by Crippen LogP contribution is -2.26. The quantitative estimate of drug-likeness (QED) is 0.670. The van der Waals surface area contributed by atoms with E-state index < -0.39 is 27.3 Å². The lowest BCUT2D eigenvalue weighted by atomic mass is 10.2. The summed E-state index contributed by atoms with van der Waals surface area (Å²) < 4.78 is 39.1. The van der Waals surface area contributed by atoms with Gasteiger partial charge in [0.15, 0.2) is 9.84 Å². The second-order valence-electron chi connectivity index (χ2n) is 6.57. The Balaban J connectivity index is 1.75. The van der Waals surface area contributed by atoms with Crippen molar-refractivity contribution in [3.05, 3.63) is 51.2 Å². The van der Waals surface area contributed by atoms with Crippen molar-refractivity contribution in [1.29, 1.82) is 0 Å². The fourth-order valence-corrected chi connectivity index (χ4v) is 5.76. The number of nitrogens with one attached hydrogen (secondary N) is 1. The largest absolute Gasteiger partial charge is 0.325 e. The maximum Gasteiger partial charge on any atom is 0.225 e. The Kier molecular flexibility index (Phi) is 6.30. The predicted octanol–water partition coefficient (Wildman–Crippen LogP) is 3.95. The molecule has 0 unspecified atom stereocenters. The van der Waals surface area contributed by atoms with Gasteiger partial charge in [0.25, 0.3) is 0 Å². The normalized spacial score (nSPS) is 13.3. The number of anilines is 2. The van der Waals surface area contributed by atoms with Crippen LogP contribution in [0.15, 0.2) is 39.7 Å². The predicted molar refractivity (Wildman–Crippen MR) is 113 cm³/mol. The second-order valence-corrected chi connectivity index (χ2v) is 9.91. The minimum absolute atomic E-state index is 0.0203. The van der Waals surface area contributed by atoms with E-state index in [1.54, 1.807) is 6.07 Å². The first kappa shape index (κ1) is 21.7. The van der Waals surface area contributed by atoms with Crippen LogP contribution in [-0.2, 0) is 25.8 Å². The van der Waals surface area contributed by atoms with Crippen molar-refractivity contribution in [3.8, 4) is 0 Å². The molecule has 0 aromatic heterocycles. The Labute approximate surface area is 181 Å². The Bertz CT molecular complexity index is 1110. The molecule has 0 aliphatic carbocycles. The number of amides is 2. The van der Waals surface area contributed by atoms with Gasteiger partial charge in [-0.2, -0.15) is 0 Å². The van der Waals surface area contributed by atoms with Crippen molar-refractivity contribution in [2.24, 2.45) is 0 Å². The molecule has 0 atom stereocenters. The molecule has 154 valence electrons. The molecule has 0 fully saturated rings. The van der Waals surface area contributed by atoms with Crippen LogP contribution < -0.4 is 10.2 Å². The lowest BCUT2D eigenvalue weighted by Gasteiger charge is -2.16. The number of hydrogen-bond donors (Lipinski definition) is 1. The molecule has 1 heterocycles. The molecule has 3 rings (SSSR count). The summed E-state index contributed by atoms with van der Waals surface area (Å²) in [5, 5.41) is 2.49. The first-order valence-electron chi connectivity index (χ1n) is 8.66. The third-order valence-corrected chi connectivity index (χ3v) is 7.53. The van der Waals surface area contributed by atoms with Crippen LogP contribution in [0.3, 0.4) is 0 Å². The minimum Gasteiger partial charge on any atom is -0.325 e. The number of sulfone groups is 1. The molecule has 2 aromatic rings. The standard InChI is InChI=1S/C19H17BrClFN2O4S/c1-11(25)24-6-4-12-8-14(20)18(10-17(12)24)29(27,28)7-5-19(26)23-16-3-2-13(22)9-15(16)21/h2-3,8-10H,4-7H2,1H3,(H,23,26). The Morgan fingerprint density at radius 3 is 2.66 bits per heavy atom. The summed E-state index contributed by atoms with van der Waals surface area (Å²) in [4.78, 5) is 25.5. The number of carbonyl (C=O) groups excluding carboxylic acids is 2. The molecule has 29 heavy (non-hydrogen) atoms. The van der Waals surface area contributed by atoms with Crippen molar-refractivity contribution < 1.29 is 22.4 Å². The van der Waals surface area contributed by atoms with Gasteiger partial charge in [-0.15, -0.1) is 0 Å². The van der Waals surface area contributed by atoms with E-state index in [1.165, 1.54) is 24.0 Å². The van der Waals surface area contributed by atoms with Gasteiger partial charge in [-0.3, -0.25) is 9.59 Å². The summed E-state index contributed by atoms with van der Waals surface area (Å²) in [5.41, 5.74) is 1.66. The van der Waals surface area contributed by atoms with Gasteiger partial charge in [0.2, 0.25) is 11.8 Å². The van der Waals surface area contributed by atoms with E-state index in [0.717, 1.165) is 17.7 Å². The Morgan fingerprint density at radius 2 is 2.00 bits per heavy atom. The van der Waals surface area contributed by atoms with Crippen molar-refractivity contribution in [3.63, 3.8) is 0 Å². The van der Waals surface area contributed by atoms with Crippen LogP contribution in [0, 0.1) is 5.82 Å². The monoisotopic (exact) mass is 502 g/mol. The number of fused-ring (bicyclic) bond motifs is 1. The topological polar surface area (TPSA) is 83.6 Å². The summed E-state index contributed by atoms with van der Waals surface area (Å²) in [7, 11) is -3.80. The van der Waals surface area contributed by atoms with Gasteiger partial charge in [0, 0.05) is 30.0 Å². The number of benzene rings is 2. The highest BCUT2D eigenvalue weighted by Crippen LogP contribution is 2.36. The van der Waals surface area contributed by atoms with E-state index in [-0.39, 0.29) is 27.9 Å². The number of carbonyl (C=O) groups is 2. The van der Waals surface area contributed by atoms with Crippen molar-refractivity contribution >= 4 is 60.6 Å². The van der Waals surface area contributed by atoms with Gasteiger partial charge in [-0.25, -0.2) is 12.8 Å². The molecule has 6 nitrogen and oxygen atoms in total. The first-order valence-corrected chi connectivity index (χ1v) is 11.5. The van der Waals surface area contributed by atoms with E-state index in [1.807, 2.05) is 0 Å². The zero-order valence-electron chi connectivity index (χ0n) is 15.3. The SMILES string of the molecule is CC(=O)N1CCc2cc(Br)c(S(=O)(=O)CCC(=O)Nc3ccc(F)cc3Cl)cc21. The fourth-order valence-electron chi connectivity index (χ4n) is 3.09. The number of hydrogen-bond acceptors (Lipinski definition) is 4. The van der Waals surface area contributed by atoms with Gasteiger partial charge in [-0.05, 0) is 58.2 Å². The van der Waals surface area contributed by atoms with Crippen molar-refractivity contribution in [2.75, 3.05) is 22.5 Å². The van der Waals surface area contributed by atoms with Crippen LogP contribution >= 0.6 is 27.5 Å². The van der Waals surface area contributed by atoms with Crippen LogP contribution in [0.2, 0.25) is 5.02 Å². The molecule has 0 radical (unpaired) electrons. The highest BCUT2D eigenvalue weighted by atomic mass is 79.9. The molecule has 2 aromatic carbocycles. The third-order valence-electron chi connectivity index (χ3n) is 4.55. The van der Waals surface area contributed by atoms with E-state index >= 15 is 0 Å². The Morgan fingerprint density at radius 1 is 1.28 bits per heavy atom. The van der Waals surface area contributed by atoms with Crippen molar-refractivity contribution in [2.45, 2.75) is 24.7 Å². The first-order chi connectivity index (χ1) is 13.6. The molecule has 0 spiro atoms. The maximum atomic E-state index is 13.1. The van der Waals surface area contributed by atoms with E-state index in [9.17, 15) is 22.4 Å². The van der Waals surface area contributed by atoms with Crippen LogP contribution in [-0.4, -0.2) is 32.5 Å². The van der Waals surface area contributed by atoms with E-state index in [2.05, 4.69) is 21.2 Å². The third kappa shape index (κ3) is 4.79. The van der Waals surface area contributed by atoms with Crippen LogP contribution in [0.25, 0.3) is 0 Å². The molecule has 2 amide bonds. The smallest absolute Gasteiger partial charge is 0.225 e. The minimum atomic E-state index is -3.80.